The van der Waals surface area contributed by atoms with Crippen molar-refractivity contribution in [3.63, 3.8) is 0 Å². The van der Waals surface area contributed by atoms with Gasteiger partial charge in [0.1, 0.15) is 11.7 Å². The lowest BCUT2D eigenvalue weighted by molar-refractivity contribution is -0.0892. The number of aromatic amines is 1. The zero-order chi connectivity index (χ0) is 15.3. The summed E-state index contributed by atoms with van der Waals surface area (Å²) >= 11 is 0. The molecule has 2 unspecified atom stereocenters. The molecule has 0 saturated carbocycles. The highest BCUT2D eigenvalue weighted by Crippen LogP contribution is 2.47. The van der Waals surface area contributed by atoms with Crippen molar-refractivity contribution in [1.82, 2.24) is 9.55 Å². The minimum absolute atomic E-state index is 0.205. The fraction of sp³-hybridized carbons (Fsp3) is 0.667. The minimum atomic E-state index is -2.32. The van der Waals surface area contributed by atoms with Crippen LogP contribution in [0.2, 0.25) is 0 Å². The molecule has 112 valence electrons. The van der Waals surface area contributed by atoms with E-state index in [1.165, 1.54) is 20.0 Å². The van der Waals surface area contributed by atoms with E-state index in [4.69, 9.17) is 9.84 Å². The molecule has 7 nitrogen and oxygen atoms in total. The zero-order valence-electron chi connectivity index (χ0n) is 11.4. The molecule has 2 heterocycles. The summed E-state index contributed by atoms with van der Waals surface area (Å²) in [6.07, 6.45) is -1.46. The van der Waals surface area contributed by atoms with Crippen molar-refractivity contribution in [2.24, 2.45) is 0 Å². The molecule has 1 saturated heterocycles. The lowest BCUT2D eigenvalue weighted by atomic mass is 9.85. The first kappa shape index (κ1) is 14.9. The normalized spacial score (nSPS) is 37.3. The molecular weight excluding hydrogens is 271 g/mol. The Balaban J connectivity index is 2.57. The van der Waals surface area contributed by atoms with Crippen molar-refractivity contribution >= 4 is 0 Å². The van der Waals surface area contributed by atoms with Gasteiger partial charge in [-0.3, -0.25) is 14.3 Å². The first-order valence-electron chi connectivity index (χ1n) is 6.12. The molecule has 0 spiro atoms. The predicted molar refractivity (Wildman–Crippen MR) is 67.2 cm³/mol. The highest BCUT2D eigenvalue weighted by molar-refractivity contribution is 5.11. The Kier molecular flexibility index (Phi) is 3.35. The van der Waals surface area contributed by atoms with Crippen molar-refractivity contribution in [3.8, 4) is 0 Å². The van der Waals surface area contributed by atoms with Crippen LogP contribution in [-0.4, -0.2) is 43.7 Å². The molecule has 8 heteroatoms. The average molecular weight is 288 g/mol. The number of aliphatic hydroxyl groups is 2. The second-order valence-electron chi connectivity index (χ2n) is 5.36. The van der Waals surface area contributed by atoms with Crippen LogP contribution in [0.1, 0.15) is 25.6 Å². The topological polar surface area (TPSA) is 105 Å². The number of alkyl halides is 1. The van der Waals surface area contributed by atoms with E-state index in [-0.39, 0.29) is 5.56 Å². The number of nitrogens with zero attached hydrogens (tertiary/aromatic N) is 1. The van der Waals surface area contributed by atoms with Gasteiger partial charge in [-0.1, -0.05) is 0 Å². The number of hydrogen-bond donors (Lipinski definition) is 3. The molecule has 0 aromatic carbocycles. The Labute approximate surface area is 113 Å². The number of halogens is 1. The van der Waals surface area contributed by atoms with Crippen LogP contribution < -0.4 is 11.2 Å². The fourth-order valence-electron chi connectivity index (χ4n) is 2.29. The van der Waals surface area contributed by atoms with Crippen molar-refractivity contribution in [1.29, 1.82) is 0 Å². The molecule has 1 aromatic heterocycles. The third-order valence-electron chi connectivity index (χ3n) is 3.94. The largest absolute Gasteiger partial charge is 0.394 e. The molecule has 1 aliphatic heterocycles. The number of ether oxygens (including phenoxy) is 1. The van der Waals surface area contributed by atoms with Gasteiger partial charge in [0.05, 0.1) is 6.61 Å². The maximum absolute atomic E-state index is 14.9. The quantitative estimate of drug-likeness (QED) is 0.662. The third-order valence-corrected chi connectivity index (χ3v) is 3.94. The van der Waals surface area contributed by atoms with E-state index in [0.717, 1.165) is 11.5 Å². The average Bonchev–Trinajstić information content (AvgIpc) is 2.52. The highest BCUT2D eigenvalue weighted by atomic mass is 19.1. The second-order valence-corrected chi connectivity index (χ2v) is 5.36. The van der Waals surface area contributed by atoms with Crippen LogP contribution in [0.3, 0.4) is 0 Å². The van der Waals surface area contributed by atoms with Gasteiger partial charge in [-0.2, -0.15) is 0 Å². The molecule has 0 amide bonds. The molecular formula is C12H17FN2O5. The summed E-state index contributed by atoms with van der Waals surface area (Å²) in [5.41, 5.74) is -5.51. The van der Waals surface area contributed by atoms with Gasteiger partial charge >= 0.3 is 5.69 Å². The summed E-state index contributed by atoms with van der Waals surface area (Å²) in [6, 6.07) is 0. The third kappa shape index (κ3) is 1.91. The van der Waals surface area contributed by atoms with Gasteiger partial charge in [0.25, 0.3) is 5.56 Å². The van der Waals surface area contributed by atoms with Crippen LogP contribution in [0, 0.1) is 6.92 Å². The van der Waals surface area contributed by atoms with Crippen LogP contribution in [0.5, 0.6) is 0 Å². The van der Waals surface area contributed by atoms with Gasteiger partial charge in [0, 0.05) is 11.8 Å². The first-order chi connectivity index (χ1) is 9.12. The van der Waals surface area contributed by atoms with E-state index in [0.29, 0.717) is 0 Å². The summed E-state index contributed by atoms with van der Waals surface area (Å²) in [5.74, 6) is 0. The van der Waals surface area contributed by atoms with Gasteiger partial charge in [0.2, 0.25) is 0 Å². The predicted octanol–water partition coefficient (Wildman–Crippen LogP) is -0.786. The number of nitrogens with one attached hydrogen (secondary N) is 1. The van der Waals surface area contributed by atoms with Crippen molar-refractivity contribution in [3.05, 3.63) is 32.6 Å². The van der Waals surface area contributed by atoms with Crippen molar-refractivity contribution in [2.75, 3.05) is 6.61 Å². The lowest BCUT2D eigenvalue weighted by Crippen LogP contribution is -2.52. The summed E-state index contributed by atoms with van der Waals surface area (Å²) < 4.78 is 21.0. The van der Waals surface area contributed by atoms with Gasteiger partial charge in [-0.05, 0) is 20.8 Å². The van der Waals surface area contributed by atoms with Gasteiger partial charge < -0.3 is 14.9 Å². The lowest BCUT2D eigenvalue weighted by Gasteiger charge is -2.32. The molecule has 1 aliphatic rings. The van der Waals surface area contributed by atoms with Crippen molar-refractivity contribution in [2.45, 2.75) is 44.4 Å². The monoisotopic (exact) mass is 288 g/mol. The van der Waals surface area contributed by atoms with Gasteiger partial charge in [-0.25, -0.2) is 9.18 Å². The number of rotatable bonds is 2. The molecule has 0 bridgehead atoms. The SMILES string of the molecule is Cc1cn([C@@H]2OC(CO)[C@@](C)(O)C2(C)F)c(=O)[nH]c1=O. The Morgan fingerprint density at radius 1 is 1.50 bits per heavy atom. The smallest absolute Gasteiger partial charge is 0.330 e. The summed E-state index contributed by atoms with van der Waals surface area (Å²) in [5, 5.41) is 19.4. The molecule has 0 aliphatic carbocycles. The molecule has 4 atom stereocenters. The highest BCUT2D eigenvalue weighted by Gasteiger charge is 2.63. The van der Waals surface area contributed by atoms with E-state index in [1.54, 1.807) is 0 Å². The van der Waals surface area contributed by atoms with Crippen LogP contribution >= 0.6 is 0 Å². The van der Waals surface area contributed by atoms with Crippen LogP contribution in [0.25, 0.3) is 0 Å². The molecule has 1 fully saturated rings. The molecule has 3 N–H and O–H groups in total. The first-order valence-corrected chi connectivity index (χ1v) is 6.12. The van der Waals surface area contributed by atoms with Gasteiger partial charge in [0.15, 0.2) is 11.9 Å². The number of hydrogen-bond acceptors (Lipinski definition) is 5. The number of aryl methyl sites for hydroxylation is 1. The number of aliphatic hydroxyl groups excluding tert-OH is 1. The summed E-state index contributed by atoms with van der Waals surface area (Å²) in [7, 11) is 0. The van der Waals surface area contributed by atoms with Crippen molar-refractivity contribution < 1.29 is 19.3 Å². The Morgan fingerprint density at radius 3 is 2.60 bits per heavy atom. The standard InChI is InChI=1S/C12H17FN2O5/c1-6-4-15(10(18)14-8(6)17)9-11(2,13)12(3,19)7(5-16)20-9/h4,7,9,16,19H,5H2,1-3H3,(H,14,17,18)/t7?,9-,11?,12-/m1/s1. The second kappa shape index (κ2) is 4.51. The number of H-pyrrole nitrogens is 1. The van der Waals surface area contributed by atoms with Crippen LogP contribution in [0.15, 0.2) is 15.8 Å². The number of aromatic nitrogens is 2. The maximum atomic E-state index is 14.9. The Hall–Kier alpha value is -1.51. The minimum Gasteiger partial charge on any atom is -0.394 e. The van der Waals surface area contributed by atoms with Crippen LogP contribution in [0.4, 0.5) is 4.39 Å². The Bertz CT molecular complexity index is 633. The molecule has 0 radical (unpaired) electrons. The molecule has 1 aromatic rings. The fourth-order valence-corrected chi connectivity index (χ4v) is 2.29. The van der Waals surface area contributed by atoms with E-state index in [9.17, 15) is 19.1 Å². The molecule has 2 rings (SSSR count). The van der Waals surface area contributed by atoms with Crippen LogP contribution in [-0.2, 0) is 4.74 Å². The van der Waals surface area contributed by atoms with E-state index in [2.05, 4.69) is 0 Å². The van der Waals surface area contributed by atoms with Gasteiger partial charge in [-0.15, -0.1) is 0 Å². The van der Waals surface area contributed by atoms with E-state index in [1.807, 2.05) is 4.98 Å². The van der Waals surface area contributed by atoms with E-state index >= 15 is 0 Å². The summed E-state index contributed by atoms with van der Waals surface area (Å²) in [4.78, 5) is 25.2. The Morgan fingerprint density at radius 2 is 2.10 bits per heavy atom. The molecule has 20 heavy (non-hydrogen) atoms. The summed E-state index contributed by atoms with van der Waals surface area (Å²) in [6.45, 7) is 3.14. The van der Waals surface area contributed by atoms with E-state index < -0.39 is 41.5 Å². The maximum Gasteiger partial charge on any atom is 0.330 e. The zero-order valence-corrected chi connectivity index (χ0v) is 11.4.